The van der Waals surface area contributed by atoms with Crippen molar-refractivity contribution < 1.29 is 0 Å². The molecule has 78 valence electrons. The third kappa shape index (κ3) is 3.22. The molecule has 0 saturated carbocycles. The van der Waals surface area contributed by atoms with Crippen LogP contribution in [0.1, 0.15) is 11.3 Å². The van der Waals surface area contributed by atoms with E-state index in [4.69, 9.17) is 0 Å². The first-order valence-electron chi connectivity index (χ1n) is 4.92. The second-order valence-electron chi connectivity index (χ2n) is 3.43. The largest absolute Gasteiger partial charge is 0.364 e. The Morgan fingerprint density at radius 1 is 1.13 bits per heavy atom. The van der Waals surface area contributed by atoms with Crippen LogP contribution in [0.3, 0.4) is 0 Å². The highest BCUT2D eigenvalue weighted by Crippen LogP contribution is 2.11. The average molecular weight is 265 g/mol. The van der Waals surface area contributed by atoms with Gasteiger partial charge in [0.05, 0.1) is 0 Å². The first-order chi connectivity index (χ1) is 7.34. The lowest BCUT2D eigenvalue weighted by molar-refractivity contribution is 0.682. The van der Waals surface area contributed by atoms with Crippen molar-refractivity contribution in [3.63, 3.8) is 0 Å². The lowest BCUT2D eigenvalue weighted by Gasteiger charge is -2.03. The van der Waals surface area contributed by atoms with Gasteiger partial charge in [0.25, 0.3) is 0 Å². The number of nitrogens with one attached hydrogen (secondary N) is 2. The van der Waals surface area contributed by atoms with Crippen LogP contribution < -0.4 is 5.32 Å². The van der Waals surface area contributed by atoms with E-state index in [9.17, 15) is 0 Å². The van der Waals surface area contributed by atoms with Crippen LogP contribution in [0.5, 0.6) is 0 Å². The monoisotopic (exact) mass is 264 g/mol. The van der Waals surface area contributed by atoms with Gasteiger partial charge in [0.2, 0.25) is 0 Å². The smallest absolute Gasteiger partial charge is 0.0360 e. The summed E-state index contributed by atoms with van der Waals surface area (Å²) in [5, 5.41) is 3.38. The molecule has 0 atom stereocenters. The maximum atomic E-state index is 3.46. The van der Waals surface area contributed by atoms with Crippen LogP contribution in [-0.4, -0.2) is 4.98 Å². The van der Waals surface area contributed by atoms with Crippen LogP contribution in [0, 0.1) is 0 Å². The maximum absolute atomic E-state index is 3.46. The summed E-state index contributed by atoms with van der Waals surface area (Å²) >= 11 is 3.46. The minimum Gasteiger partial charge on any atom is -0.364 e. The van der Waals surface area contributed by atoms with Gasteiger partial charge in [0, 0.05) is 29.5 Å². The fourth-order valence-electron chi connectivity index (χ4n) is 1.47. The number of hydrogen-bond acceptors (Lipinski definition) is 1. The molecule has 0 bridgehead atoms. The van der Waals surface area contributed by atoms with Crippen molar-refractivity contribution in [1.29, 1.82) is 0 Å². The molecule has 3 heteroatoms. The molecule has 0 unspecified atom stereocenters. The Labute approximate surface area is 97.8 Å². The van der Waals surface area contributed by atoms with Gasteiger partial charge in [-0.15, -0.1) is 0 Å². The molecule has 0 aliphatic heterocycles. The summed E-state index contributed by atoms with van der Waals surface area (Å²) in [5.41, 5.74) is 2.50. The average Bonchev–Trinajstić information content (AvgIpc) is 2.71. The standard InChI is InChI=1S/C12H13BrN2/c13-11-4-1-3-10(7-11)8-14-9-12-5-2-6-15-12/h1-7,14-15H,8-9H2. The molecule has 0 saturated heterocycles. The van der Waals surface area contributed by atoms with Gasteiger partial charge < -0.3 is 10.3 Å². The summed E-state index contributed by atoms with van der Waals surface area (Å²) in [7, 11) is 0. The Hall–Kier alpha value is -1.06. The number of benzene rings is 1. The zero-order valence-electron chi connectivity index (χ0n) is 8.33. The Bertz CT molecular complexity index is 409. The third-order valence-electron chi connectivity index (χ3n) is 2.20. The molecule has 2 aromatic rings. The topological polar surface area (TPSA) is 27.8 Å². The number of halogens is 1. The normalized spacial score (nSPS) is 10.5. The minimum atomic E-state index is 0.875. The SMILES string of the molecule is Brc1cccc(CNCc2ccc[nH]2)c1. The third-order valence-corrected chi connectivity index (χ3v) is 2.69. The van der Waals surface area contributed by atoms with Crippen molar-refractivity contribution in [1.82, 2.24) is 10.3 Å². The molecule has 0 fully saturated rings. The quantitative estimate of drug-likeness (QED) is 0.873. The predicted octanol–water partition coefficient (Wildman–Crippen LogP) is 3.07. The van der Waals surface area contributed by atoms with Gasteiger partial charge in [-0.1, -0.05) is 28.1 Å². The molecular weight excluding hydrogens is 252 g/mol. The summed E-state index contributed by atoms with van der Waals surface area (Å²) in [6.45, 7) is 1.76. The molecule has 2 nitrogen and oxygen atoms in total. The van der Waals surface area contributed by atoms with Gasteiger partial charge in [-0.05, 0) is 29.8 Å². The summed E-state index contributed by atoms with van der Waals surface area (Å²) in [6.07, 6.45) is 1.94. The second kappa shape index (κ2) is 5.14. The summed E-state index contributed by atoms with van der Waals surface area (Å²) < 4.78 is 1.13. The van der Waals surface area contributed by atoms with Crippen molar-refractivity contribution in [3.8, 4) is 0 Å². The van der Waals surface area contributed by atoms with E-state index in [1.54, 1.807) is 0 Å². The van der Waals surface area contributed by atoms with E-state index in [2.05, 4.69) is 50.5 Å². The summed E-state index contributed by atoms with van der Waals surface area (Å²) in [4.78, 5) is 3.16. The molecule has 0 spiro atoms. The Kier molecular flexibility index (Phi) is 3.59. The molecule has 1 aromatic carbocycles. The molecule has 15 heavy (non-hydrogen) atoms. The van der Waals surface area contributed by atoms with E-state index in [1.807, 2.05) is 18.3 Å². The van der Waals surface area contributed by atoms with Crippen LogP contribution in [0.2, 0.25) is 0 Å². The predicted molar refractivity (Wildman–Crippen MR) is 65.5 cm³/mol. The number of hydrogen-bond donors (Lipinski definition) is 2. The fourth-order valence-corrected chi connectivity index (χ4v) is 1.91. The van der Waals surface area contributed by atoms with E-state index in [0.717, 1.165) is 17.6 Å². The molecule has 0 amide bonds. The van der Waals surface area contributed by atoms with Gasteiger partial charge in [0.1, 0.15) is 0 Å². The van der Waals surface area contributed by atoms with E-state index >= 15 is 0 Å². The van der Waals surface area contributed by atoms with E-state index in [0.29, 0.717) is 0 Å². The molecule has 0 aliphatic rings. The Morgan fingerprint density at radius 3 is 2.80 bits per heavy atom. The first kappa shape index (κ1) is 10.5. The second-order valence-corrected chi connectivity index (χ2v) is 4.34. The van der Waals surface area contributed by atoms with E-state index in [-0.39, 0.29) is 0 Å². The lowest BCUT2D eigenvalue weighted by atomic mass is 10.2. The summed E-state index contributed by atoms with van der Waals surface area (Å²) in [5.74, 6) is 0. The first-order valence-corrected chi connectivity index (χ1v) is 5.71. The van der Waals surface area contributed by atoms with Gasteiger partial charge in [-0.3, -0.25) is 0 Å². The van der Waals surface area contributed by atoms with E-state index < -0.39 is 0 Å². The lowest BCUT2D eigenvalue weighted by Crippen LogP contribution is -2.12. The number of aromatic amines is 1. The number of H-pyrrole nitrogens is 1. The van der Waals surface area contributed by atoms with Crippen LogP contribution in [0.15, 0.2) is 47.1 Å². The molecule has 0 aliphatic carbocycles. The van der Waals surface area contributed by atoms with Gasteiger partial charge in [-0.25, -0.2) is 0 Å². The number of rotatable bonds is 4. The van der Waals surface area contributed by atoms with Crippen LogP contribution in [-0.2, 0) is 13.1 Å². The molecule has 2 N–H and O–H groups in total. The van der Waals surface area contributed by atoms with Crippen LogP contribution >= 0.6 is 15.9 Å². The molecule has 0 radical (unpaired) electrons. The van der Waals surface area contributed by atoms with Crippen molar-refractivity contribution >= 4 is 15.9 Å². The molecular formula is C12H13BrN2. The highest BCUT2D eigenvalue weighted by molar-refractivity contribution is 9.10. The zero-order valence-corrected chi connectivity index (χ0v) is 9.92. The van der Waals surface area contributed by atoms with Gasteiger partial charge in [0.15, 0.2) is 0 Å². The Morgan fingerprint density at radius 2 is 2.07 bits per heavy atom. The van der Waals surface area contributed by atoms with Crippen LogP contribution in [0.4, 0.5) is 0 Å². The number of aromatic nitrogens is 1. The molecule has 1 aromatic heterocycles. The van der Waals surface area contributed by atoms with E-state index in [1.165, 1.54) is 11.3 Å². The van der Waals surface area contributed by atoms with Crippen molar-refractivity contribution in [2.75, 3.05) is 0 Å². The van der Waals surface area contributed by atoms with Crippen molar-refractivity contribution in [2.45, 2.75) is 13.1 Å². The van der Waals surface area contributed by atoms with Gasteiger partial charge >= 0.3 is 0 Å². The van der Waals surface area contributed by atoms with Crippen molar-refractivity contribution in [3.05, 3.63) is 58.3 Å². The highest BCUT2D eigenvalue weighted by atomic mass is 79.9. The highest BCUT2D eigenvalue weighted by Gasteiger charge is 1.94. The van der Waals surface area contributed by atoms with Crippen molar-refractivity contribution in [2.24, 2.45) is 0 Å². The minimum absolute atomic E-state index is 0.875. The fraction of sp³-hybridized carbons (Fsp3) is 0.167. The van der Waals surface area contributed by atoms with Crippen LogP contribution in [0.25, 0.3) is 0 Å². The zero-order chi connectivity index (χ0) is 10.5. The molecule has 1 heterocycles. The van der Waals surface area contributed by atoms with Gasteiger partial charge in [-0.2, -0.15) is 0 Å². The maximum Gasteiger partial charge on any atom is 0.0360 e. The summed E-state index contributed by atoms with van der Waals surface area (Å²) in [6, 6.07) is 12.4. The Balaban J connectivity index is 1.83. The molecule has 2 rings (SSSR count).